The predicted octanol–water partition coefficient (Wildman–Crippen LogP) is 5.21. The number of aromatic nitrogens is 6. The van der Waals surface area contributed by atoms with Crippen LogP contribution in [0.4, 0.5) is 27.9 Å². The number of aromatic amines is 1. The molecular formula is C23H24F5N7O2. The van der Waals surface area contributed by atoms with Crippen LogP contribution in [0.25, 0.3) is 33.3 Å². The van der Waals surface area contributed by atoms with E-state index in [1.54, 1.807) is 25.4 Å². The molecule has 1 fully saturated rings. The number of nitrogens with one attached hydrogen (secondary N) is 2. The number of H-pyrrole nitrogens is 1. The summed E-state index contributed by atoms with van der Waals surface area (Å²) >= 11 is 0. The molecule has 9 nitrogen and oxygen atoms in total. The van der Waals surface area contributed by atoms with Crippen LogP contribution in [0.15, 0.2) is 18.5 Å². The number of methoxy groups -OCH3 is 1. The molecule has 0 radical (unpaired) electrons. The minimum Gasteiger partial charge on any atom is -0.480 e. The molecule has 0 atom stereocenters. The van der Waals surface area contributed by atoms with Crippen LogP contribution in [-0.4, -0.2) is 61.5 Å². The van der Waals surface area contributed by atoms with Crippen molar-refractivity contribution in [3.63, 3.8) is 0 Å². The lowest BCUT2D eigenvalue weighted by atomic mass is 9.93. The molecular weight excluding hydrogens is 501 g/mol. The van der Waals surface area contributed by atoms with Gasteiger partial charge in [0.2, 0.25) is 11.8 Å². The van der Waals surface area contributed by atoms with E-state index in [1.807, 2.05) is 0 Å². The molecule has 1 aliphatic carbocycles. The van der Waals surface area contributed by atoms with Crippen molar-refractivity contribution in [1.82, 2.24) is 29.5 Å². The Hall–Kier alpha value is -3.55. The smallest absolute Gasteiger partial charge is 0.480 e. The second-order valence-corrected chi connectivity index (χ2v) is 8.89. The third-order valence-electron chi connectivity index (χ3n) is 6.43. The van der Waals surface area contributed by atoms with E-state index >= 15 is 0 Å². The lowest BCUT2D eigenvalue weighted by Gasteiger charge is -2.29. The molecule has 0 aliphatic heterocycles. The van der Waals surface area contributed by atoms with Crippen LogP contribution >= 0.6 is 0 Å². The Labute approximate surface area is 207 Å². The quantitative estimate of drug-likeness (QED) is 0.319. The zero-order chi connectivity index (χ0) is 26.3. The van der Waals surface area contributed by atoms with Crippen LogP contribution in [0.5, 0.6) is 5.88 Å². The highest BCUT2D eigenvalue weighted by Crippen LogP contribution is 2.36. The fourth-order valence-corrected chi connectivity index (χ4v) is 4.77. The van der Waals surface area contributed by atoms with Gasteiger partial charge in [0.25, 0.3) is 6.43 Å². The molecule has 0 aromatic carbocycles. The third kappa shape index (κ3) is 5.29. The molecule has 5 rings (SSSR count). The molecule has 1 aliphatic rings. The minimum atomic E-state index is -4.64. The third-order valence-corrected chi connectivity index (χ3v) is 6.43. The molecule has 4 aromatic rings. The first-order chi connectivity index (χ1) is 17.6. The molecule has 0 saturated heterocycles. The van der Waals surface area contributed by atoms with Crippen molar-refractivity contribution in [3.05, 3.63) is 24.3 Å². The molecule has 0 unspecified atom stereocenters. The molecule has 198 valence electrons. The molecule has 4 aromatic heterocycles. The van der Waals surface area contributed by atoms with Gasteiger partial charge in [-0.25, -0.2) is 18.7 Å². The normalized spacial score (nSPS) is 18.7. The maximum atomic E-state index is 13.1. The second-order valence-electron chi connectivity index (χ2n) is 8.89. The number of hydrogen-bond acceptors (Lipinski definition) is 7. The molecule has 0 spiro atoms. The molecule has 14 heteroatoms. The Bertz CT molecular complexity index is 1410. The van der Waals surface area contributed by atoms with Crippen LogP contribution in [0.1, 0.15) is 31.5 Å². The highest BCUT2D eigenvalue weighted by molar-refractivity contribution is 5.98. The topological polar surface area (TPSA) is 103 Å². The lowest BCUT2D eigenvalue weighted by Crippen LogP contribution is -2.33. The lowest BCUT2D eigenvalue weighted by molar-refractivity contribution is -0.345. The van der Waals surface area contributed by atoms with Crippen molar-refractivity contribution in [3.8, 4) is 17.0 Å². The Kier molecular flexibility index (Phi) is 6.60. The Morgan fingerprint density at radius 1 is 1.16 bits per heavy atom. The van der Waals surface area contributed by atoms with E-state index in [0.29, 0.717) is 52.0 Å². The van der Waals surface area contributed by atoms with Crippen molar-refractivity contribution in [2.75, 3.05) is 12.4 Å². The zero-order valence-corrected chi connectivity index (χ0v) is 19.9. The monoisotopic (exact) mass is 525 g/mol. The number of nitrogens with zero attached hydrogens (tertiary/aromatic N) is 5. The average molecular weight is 525 g/mol. The van der Waals surface area contributed by atoms with Crippen LogP contribution < -0.4 is 10.1 Å². The number of halogens is 5. The maximum Gasteiger partial charge on any atom is 0.522 e. The summed E-state index contributed by atoms with van der Waals surface area (Å²) in [5.74, 6) is 0.988. The van der Waals surface area contributed by atoms with Gasteiger partial charge in [-0.1, -0.05) is 0 Å². The number of pyridine rings is 1. The van der Waals surface area contributed by atoms with Crippen LogP contribution in [0.2, 0.25) is 0 Å². The molecule has 4 heterocycles. The van der Waals surface area contributed by atoms with E-state index in [4.69, 9.17) is 4.74 Å². The number of anilines is 1. The van der Waals surface area contributed by atoms with E-state index in [-0.39, 0.29) is 30.7 Å². The molecule has 0 bridgehead atoms. The number of aryl methyl sites for hydroxylation is 1. The predicted molar refractivity (Wildman–Crippen MR) is 125 cm³/mol. The van der Waals surface area contributed by atoms with Gasteiger partial charge in [-0.3, -0.25) is 4.74 Å². The zero-order valence-electron chi connectivity index (χ0n) is 19.9. The van der Waals surface area contributed by atoms with Gasteiger partial charge in [0.15, 0.2) is 5.65 Å². The first-order valence-electron chi connectivity index (χ1n) is 11.7. The second kappa shape index (κ2) is 9.72. The first-order valence-corrected chi connectivity index (χ1v) is 11.7. The largest absolute Gasteiger partial charge is 0.522 e. The van der Waals surface area contributed by atoms with E-state index in [2.05, 4.69) is 35.0 Å². The van der Waals surface area contributed by atoms with Crippen molar-refractivity contribution in [1.29, 1.82) is 0 Å². The molecule has 1 saturated carbocycles. The van der Waals surface area contributed by atoms with E-state index < -0.39 is 25.4 Å². The number of alkyl halides is 5. The summed E-state index contributed by atoms with van der Waals surface area (Å²) in [5.41, 5.74) is 2.62. The SMILES string of the molecule is COc1nc(NC2CCC(OC(F)(F)F)CC2)nc2[nH]cc(-c3cnc4nc(C)n(CC(F)F)c4c3)c12. The van der Waals surface area contributed by atoms with E-state index in [1.165, 1.54) is 11.7 Å². The number of rotatable bonds is 7. The maximum absolute atomic E-state index is 13.1. The van der Waals surface area contributed by atoms with Gasteiger partial charge >= 0.3 is 6.36 Å². The fourth-order valence-electron chi connectivity index (χ4n) is 4.77. The number of imidazole rings is 1. The first kappa shape index (κ1) is 25.1. The summed E-state index contributed by atoms with van der Waals surface area (Å²) in [6.07, 6.45) is -3.27. The minimum absolute atomic E-state index is 0.116. The van der Waals surface area contributed by atoms with Gasteiger partial charge in [-0.2, -0.15) is 9.97 Å². The summed E-state index contributed by atoms with van der Waals surface area (Å²) in [6, 6.07) is 1.62. The Morgan fingerprint density at radius 3 is 2.59 bits per heavy atom. The van der Waals surface area contributed by atoms with Crippen molar-refractivity contribution in [2.45, 2.75) is 64.1 Å². The van der Waals surface area contributed by atoms with Crippen molar-refractivity contribution in [2.24, 2.45) is 0 Å². The van der Waals surface area contributed by atoms with E-state index in [0.717, 1.165) is 0 Å². The van der Waals surface area contributed by atoms with Gasteiger partial charge in [-0.05, 0) is 38.7 Å². The number of hydrogen-bond donors (Lipinski definition) is 2. The summed E-state index contributed by atoms with van der Waals surface area (Å²) in [5, 5.41) is 3.76. The fraction of sp³-hybridized carbons (Fsp3) is 0.478. The van der Waals surface area contributed by atoms with Crippen molar-refractivity contribution >= 4 is 28.1 Å². The molecule has 0 amide bonds. The van der Waals surface area contributed by atoms with Crippen molar-refractivity contribution < 1.29 is 31.4 Å². The summed E-state index contributed by atoms with van der Waals surface area (Å²) in [6.45, 7) is 1.16. The standard InChI is InChI=1S/C23H24F5N7O2/c1-11-31-19-16(35(11)10-17(24)25)7-12(8-29-19)15-9-30-20-18(15)21(36-2)34-22(33-20)32-13-3-5-14(6-4-13)37-23(26,27)28/h7-9,13-14,17H,3-6,10H2,1-2H3,(H2,30,32,33,34). The van der Waals surface area contributed by atoms with Gasteiger partial charge in [-0.15, -0.1) is 13.2 Å². The highest BCUT2D eigenvalue weighted by Gasteiger charge is 2.35. The van der Waals surface area contributed by atoms with Crippen LogP contribution in [0, 0.1) is 6.92 Å². The van der Waals surface area contributed by atoms with Crippen LogP contribution in [-0.2, 0) is 11.3 Å². The van der Waals surface area contributed by atoms with Gasteiger partial charge < -0.3 is 19.6 Å². The summed E-state index contributed by atoms with van der Waals surface area (Å²) in [7, 11) is 1.46. The number of fused-ring (bicyclic) bond motifs is 2. The Morgan fingerprint density at radius 2 is 1.92 bits per heavy atom. The van der Waals surface area contributed by atoms with E-state index in [9.17, 15) is 22.0 Å². The summed E-state index contributed by atoms with van der Waals surface area (Å²) < 4.78 is 74.7. The average Bonchev–Trinajstić information content (AvgIpc) is 3.39. The molecule has 37 heavy (non-hydrogen) atoms. The molecule has 2 N–H and O–H groups in total. The highest BCUT2D eigenvalue weighted by atomic mass is 19.4. The van der Waals surface area contributed by atoms with Gasteiger partial charge in [0, 0.05) is 29.6 Å². The van der Waals surface area contributed by atoms with Gasteiger partial charge in [0.05, 0.1) is 30.7 Å². The number of ether oxygens (including phenoxy) is 2. The Balaban J connectivity index is 1.41. The van der Waals surface area contributed by atoms with Crippen LogP contribution in [0.3, 0.4) is 0 Å². The summed E-state index contributed by atoms with van der Waals surface area (Å²) in [4.78, 5) is 20.7. The van der Waals surface area contributed by atoms with Gasteiger partial charge in [0.1, 0.15) is 11.5 Å².